The molecule has 8 heteroatoms. The zero-order valence-corrected chi connectivity index (χ0v) is 12.3. The summed E-state index contributed by atoms with van der Waals surface area (Å²) in [6.45, 7) is 0. The zero-order chi connectivity index (χ0) is 16.0. The highest BCUT2D eigenvalue weighted by Gasteiger charge is 2.21. The van der Waals surface area contributed by atoms with E-state index in [4.69, 9.17) is 10.2 Å². The Bertz CT molecular complexity index is 608. The van der Waals surface area contributed by atoms with Crippen molar-refractivity contribution >= 4 is 21.7 Å². The van der Waals surface area contributed by atoms with Gasteiger partial charge in [-0.25, -0.2) is 13.2 Å². The normalized spacial score (nSPS) is 12.6. The quantitative estimate of drug-likeness (QED) is 0.648. The Morgan fingerprint density at radius 2 is 1.81 bits per heavy atom. The largest absolute Gasteiger partial charge is 0.508 e. The number of benzene rings is 1. The topological polar surface area (TPSA) is 121 Å². The lowest BCUT2D eigenvalue weighted by Gasteiger charge is -2.14. The molecule has 116 valence electrons. The highest BCUT2D eigenvalue weighted by atomic mass is 32.2. The number of rotatable bonds is 7. The fourth-order valence-corrected chi connectivity index (χ4v) is 2.30. The van der Waals surface area contributed by atoms with Gasteiger partial charge in [-0.05, 0) is 24.1 Å². The van der Waals surface area contributed by atoms with Crippen molar-refractivity contribution < 1.29 is 28.2 Å². The van der Waals surface area contributed by atoms with Gasteiger partial charge < -0.3 is 15.5 Å². The molecule has 0 spiro atoms. The van der Waals surface area contributed by atoms with E-state index in [0.29, 0.717) is 5.56 Å². The molecule has 0 saturated carbocycles. The third kappa shape index (κ3) is 6.75. The fourth-order valence-electron chi connectivity index (χ4n) is 1.63. The molecule has 1 aromatic rings. The van der Waals surface area contributed by atoms with Crippen LogP contribution in [0.2, 0.25) is 0 Å². The molecule has 0 saturated heterocycles. The van der Waals surface area contributed by atoms with Crippen LogP contribution in [0.4, 0.5) is 0 Å². The number of hydrogen-bond donors (Lipinski definition) is 3. The van der Waals surface area contributed by atoms with Gasteiger partial charge in [-0.15, -0.1) is 0 Å². The summed E-state index contributed by atoms with van der Waals surface area (Å²) in [5, 5.41) is 20.4. The van der Waals surface area contributed by atoms with E-state index in [1.165, 1.54) is 12.1 Å². The SMILES string of the molecule is CS(=O)(=O)CCC(NC(=O)Cc1ccc(O)cc1)C(=O)O. The van der Waals surface area contributed by atoms with Crippen LogP contribution in [0.25, 0.3) is 0 Å². The van der Waals surface area contributed by atoms with Gasteiger partial charge in [0.15, 0.2) is 0 Å². The van der Waals surface area contributed by atoms with E-state index in [0.717, 1.165) is 6.26 Å². The number of hydrogen-bond acceptors (Lipinski definition) is 5. The number of carbonyl (C=O) groups excluding carboxylic acids is 1. The van der Waals surface area contributed by atoms with Gasteiger partial charge in [-0.2, -0.15) is 0 Å². The maximum Gasteiger partial charge on any atom is 0.326 e. The monoisotopic (exact) mass is 315 g/mol. The van der Waals surface area contributed by atoms with Crippen molar-refractivity contribution in [1.29, 1.82) is 0 Å². The third-order valence-corrected chi connectivity index (χ3v) is 3.69. The van der Waals surface area contributed by atoms with Gasteiger partial charge in [0.2, 0.25) is 5.91 Å². The van der Waals surface area contributed by atoms with Crippen LogP contribution >= 0.6 is 0 Å². The predicted molar refractivity (Wildman–Crippen MR) is 75.7 cm³/mol. The van der Waals surface area contributed by atoms with Gasteiger partial charge >= 0.3 is 5.97 Å². The summed E-state index contributed by atoms with van der Waals surface area (Å²) in [5.41, 5.74) is 0.609. The molecular formula is C13H17NO6S. The van der Waals surface area contributed by atoms with Gasteiger partial charge in [-0.1, -0.05) is 12.1 Å². The van der Waals surface area contributed by atoms with Crippen LogP contribution in [0, 0.1) is 0 Å². The number of sulfone groups is 1. The van der Waals surface area contributed by atoms with Gasteiger partial charge in [0.05, 0.1) is 12.2 Å². The summed E-state index contributed by atoms with van der Waals surface area (Å²) < 4.78 is 22.1. The first kappa shape index (κ1) is 17.0. The van der Waals surface area contributed by atoms with E-state index in [2.05, 4.69) is 5.32 Å². The zero-order valence-electron chi connectivity index (χ0n) is 11.4. The standard InChI is InChI=1S/C13H17NO6S/c1-21(19,20)7-6-11(13(17)18)14-12(16)8-9-2-4-10(15)5-3-9/h2-5,11,15H,6-8H2,1H3,(H,14,16)(H,17,18). The number of phenolic OH excluding ortho intramolecular Hbond substituents is 1. The average Bonchev–Trinajstić information content (AvgIpc) is 2.36. The summed E-state index contributed by atoms with van der Waals surface area (Å²) in [5.74, 6) is -2.06. The minimum Gasteiger partial charge on any atom is -0.508 e. The van der Waals surface area contributed by atoms with Gasteiger partial charge in [0.25, 0.3) is 0 Å². The molecule has 3 N–H and O–H groups in total. The Balaban J connectivity index is 2.60. The number of carboxylic acids is 1. The molecule has 0 bridgehead atoms. The molecule has 0 aromatic heterocycles. The maximum atomic E-state index is 11.8. The first-order chi connectivity index (χ1) is 9.67. The van der Waals surface area contributed by atoms with Crippen molar-refractivity contribution in [1.82, 2.24) is 5.32 Å². The Morgan fingerprint density at radius 1 is 1.24 bits per heavy atom. The first-order valence-corrected chi connectivity index (χ1v) is 8.21. The first-order valence-electron chi connectivity index (χ1n) is 6.15. The Morgan fingerprint density at radius 3 is 2.29 bits per heavy atom. The predicted octanol–water partition coefficient (Wildman–Crippen LogP) is -0.0612. The van der Waals surface area contributed by atoms with Crippen molar-refractivity contribution in [3.63, 3.8) is 0 Å². The van der Waals surface area contributed by atoms with Crippen LogP contribution in [-0.4, -0.2) is 48.6 Å². The van der Waals surface area contributed by atoms with E-state index >= 15 is 0 Å². The van der Waals surface area contributed by atoms with E-state index in [-0.39, 0.29) is 24.3 Å². The van der Waals surface area contributed by atoms with Crippen molar-refractivity contribution in [2.24, 2.45) is 0 Å². The molecule has 1 unspecified atom stereocenters. The molecule has 1 atom stereocenters. The molecular weight excluding hydrogens is 298 g/mol. The van der Waals surface area contributed by atoms with Crippen molar-refractivity contribution in [3.8, 4) is 5.75 Å². The number of aliphatic carboxylic acids is 1. The molecule has 0 aliphatic carbocycles. The molecule has 7 nitrogen and oxygen atoms in total. The summed E-state index contributed by atoms with van der Waals surface area (Å²) in [7, 11) is -3.29. The molecule has 0 aliphatic heterocycles. The molecule has 0 heterocycles. The minimum atomic E-state index is -3.29. The second-order valence-electron chi connectivity index (χ2n) is 4.72. The third-order valence-electron chi connectivity index (χ3n) is 2.71. The molecule has 21 heavy (non-hydrogen) atoms. The Labute approximate surface area is 122 Å². The van der Waals surface area contributed by atoms with Crippen molar-refractivity contribution in [2.75, 3.05) is 12.0 Å². The second-order valence-corrected chi connectivity index (χ2v) is 6.98. The van der Waals surface area contributed by atoms with Crippen LogP contribution < -0.4 is 5.32 Å². The highest BCUT2D eigenvalue weighted by molar-refractivity contribution is 7.90. The molecule has 0 radical (unpaired) electrons. The van der Waals surface area contributed by atoms with Crippen LogP contribution in [0.15, 0.2) is 24.3 Å². The lowest BCUT2D eigenvalue weighted by molar-refractivity contribution is -0.141. The van der Waals surface area contributed by atoms with Gasteiger partial charge in [0.1, 0.15) is 21.6 Å². The van der Waals surface area contributed by atoms with Crippen molar-refractivity contribution in [2.45, 2.75) is 18.9 Å². The van der Waals surface area contributed by atoms with Crippen LogP contribution in [0.5, 0.6) is 5.75 Å². The number of aromatic hydroxyl groups is 1. The maximum absolute atomic E-state index is 11.8. The smallest absolute Gasteiger partial charge is 0.326 e. The fraction of sp³-hybridized carbons (Fsp3) is 0.385. The van der Waals surface area contributed by atoms with Crippen molar-refractivity contribution in [3.05, 3.63) is 29.8 Å². The van der Waals surface area contributed by atoms with Crippen LogP contribution in [0.3, 0.4) is 0 Å². The van der Waals surface area contributed by atoms with E-state index < -0.39 is 27.8 Å². The summed E-state index contributed by atoms with van der Waals surface area (Å²) in [6.07, 6.45) is 0.766. The van der Waals surface area contributed by atoms with E-state index in [1.54, 1.807) is 12.1 Å². The van der Waals surface area contributed by atoms with E-state index in [1.807, 2.05) is 0 Å². The Kier molecular flexibility index (Phi) is 5.71. The molecule has 0 fully saturated rings. The molecule has 1 rings (SSSR count). The average molecular weight is 315 g/mol. The summed E-state index contributed by atoms with van der Waals surface area (Å²) in [6, 6.07) is 4.67. The number of carbonyl (C=O) groups is 2. The molecule has 0 aliphatic rings. The minimum absolute atomic E-state index is 0.0526. The van der Waals surface area contributed by atoms with Gasteiger partial charge in [0, 0.05) is 6.26 Å². The molecule has 1 aromatic carbocycles. The number of nitrogens with one attached hydrogen (secondary N) is 1. The number of phenols is 1. The van der Waals surface area contributed by atoms with Crippen LogP contribution in [-0.2, 0) is 25.8 Å². The number of carboxylic acid groups (broad SMARTS) is 1. The van der Waals surface area contributed by atoms with E-state index in [9.17, 15) is 18.0 Å². The summed E-state index contributed by atoms with van der Waals surface area (Å²) in [4.78, 5) is 22.8. The number of amides is 1. The van der Waals surface area contributed by atoms with Gasteiger partial charge in [-0.3, -0.25) is 4.79 Å². The molecule has 1 amide bonds. The lowest BCUT2D eigenvalue weighted by atomic mass is 10.1. The van der Waals surface area contributed by atoms with Crippen LogP contribution in [0.1, 0.15) is 12.0 Å². The summed E-state index contributed by atoms with van der Waals surface area (Å²) >= 11 is 0. The second kappa shape index (κ2) is 7.07. The Hall–Kier alpha value is -2.09. The highest BCUT2D eigenvalue weighted by Crippen LogP contribution is 2.10. The lowest BCUT2D eigenvalue weighted by Crippen LogP contribution is -2.42.